The highest BCUT2D eigenvalue weighted by molar-refractivity contribution is 7.91. The number of nitrogens with two attached hydrogens (primary N) is 1. The molecule has 1 heterocycles. The Morgan fingerprint density at radius 2 is 2.11 bits per heavy atom. The number of rotatable bonds is 3. The van der Waals surface area contributed by atoms with Crippen molar-refractivity contribution in [3.8, 4) is 0 Å². The molecule has 0 spiro atoms. The molecule has 1 unspecified atom stereocenters. The van der Waals surface area contributed by atoms with Gasteiger partial charge in [0.05, 0.1) is 0 Å². The molecular formula is C7H10N4O5S2. The minimum absolute atomic E-state index is 0.0932. The van der Waals surface area contributed by atoms with Crippen molar-refractivity contribution in [3.05, 3.63) is 4.80 Å². The summed E-state index contributed by atoms with van der Waals surface area (Å²) in [6.07, 6.45) is -1.87. The van der Waals surface area contributed by atoms with Crippen LogP contribution >= 0.6 is 11.3 Å². The number of carbonyl (C=O) groups is 2. The van der Waals surface area contributed by atoms with Crippen molar-refractivity contribution in [1.29, 1.82) is 0 Å². The van der Waals surface area contributed by atoms with Crippen LogP contribution in [0.15, 0.2) is 9.33 Å². The van der Waals surface area contributed by atoms with Crippen molar-refractivity contribution in [2.45, 2.75) is 17.4 Å². The first-order valence-corrected chi connectivity index (χ1v) is 6.83. The molecule has 1 aromatic rings. The number of hydrogen-bond donors (Lipinski definition) is 2. The third kappa shape index (κ3) is 3.29. The zero-order valence-corrected chi connectivity index (χ0v) is 11.0. The van der Waals surface area contributed by atoms with Gasteiger partial charge in [-0.2, -0.15) is 4.99 Å². The van der Waals surface area contributed by atoms with E-state index in [1.165, 1.54) is 7.05 Å². The number of hydrogen-bond acceptors (Lipinski definition) is 7. The second-order valence-corrected chi connectivity index (χ2v) is 5.97. The molecule has 11 heteroatoms. The van der Waals surface area contributed by atoms with Crippen LogP contribution in [-0.4, -0.2) is 41.1 Å². The van der Waals surface area contributed by atoms with Crippen LogP contribution in [0.3, 0.4) is 0 Å². The van der Waals surface area contributed by atoms with Crippen LogP contribution in [0, 0.1) is 0 Å². The maximum Gasteiger partial charge on any atom is 0.284 e. The van der Waals surface area contributed by atoms with E-state index in [9.17, 15) is 18.0 Å². The van der Waals surface area contributed by atoms with Crippen LogP contribution in [0.5, 0.6) is 0 Å². The molecule has 0 radical (unpaired) electrons. The van der Waals surface area contributed by atoms with Crippen LogP contribution in [0.4, 0.5) is 0 Å². The molecule has 0 saturated heterocycles. The smallest absolute Gasteiger partial charge is 0.284 e. The second-order valence-electron chi connectivity index (χ2n) is 3.28. The quantitative estimate of drug-likeness (QED) is 0.590. The molecule has 0 aromatic carbocycles. The number of primary sulfonamides is 1. The third-order valence-electron chi connectivity index (χ3n) is 1.76. The Bertz CT molecular complexity index is 656. The van der Waals surface area contributed by atoms with Gasteiger partial charge in [0.15, 0.2) is 11.9 Å². The summed E-state index contributed by atoms with van der Waals surface area (Å²) in [5.41, 5.74) is 0. The number of ketones is 1. The summed E-state index contributed by atoms with van der Waals surface area (Å²) in [6.45, 7) is 1.03. The van der Waals surface area contributed by atoms with Gasteiger partial charge in [-0.15, -0.1) is 5.10 Å². The van der Waals surface area contributed by atoms with E-state index in [1.807, 2.05) is 0 Å². The Morgan fingerprint density at radius 1 is 1.56 bits per heavy atom. The molecule has 0 aliphatic carbocycles. The van der Waals surface area contributed by atoms with Gasteiger partial charge in [0.25, 0.3) is 15.9 Å². The largest absolute Gasteiger partial charge is 0.376 e. The van der Waals surface area contributed by atoms with Gasteiger partial charge in [-0.05, 0) is 6.92 Å². The van der Waals surface area contributed by atoms with E-state index in [0.29, 0.717) is 11.3 Å². The summed E-state index contributed by atoms with van der Waals surface area (Å²) in [5.74, 6) is -1.86. The average molecular weight is 294 g/mol. The van der Waals surface area contributed by atoms with Gasteiger partial charge in [-0.3, -0.25) is 9.59 Å². The monoisotopic (exact) mass is 294 g/mol. The first-order chi connectivity index (χ1) is 8.12. The Kier molecular flexibility index (Phi) is 4.11. The summed E-state index contributed by atoms with van der Waals surface area (Å²) in [7, 11) is -2.65. The SMILES string of the molecule is CC(=O)C(O)C(=O)N=c1sc(S(N)(=O)=O)nn1C. The van der Waals surface area contributed by atoms with Crippen molar-refractivity contribution in [3.63, 3.8) is 0 Å². The number of aliphatic hydroxyl groups is 1. The van der Waals surface area contributed by atoms with Crippen molar-refractivity contribution < 1.29 is 23.1 Å². The number of nitrogens with zero attached hydrogens (tertiary/aromatic N) is 3. The Morgan fingerprint density at radius 3 is 2.50 bits per heavy atom. The summed E-state index contributed by atoms with van der Waals surface area (Å²) >= 11 is 0.553. The number of sulfonamides is 1. The van der Waals surface area contributed by atoms with Gasteiger partial charge < -0.3 is 5.11 Å². The molecule has 1 rings (SSSR count). The lowest BCUT2D eigenvalue weighted by Gasteiger charge is -1.98. The molecule has 100 valence electrons. The van der Waals surface area contributed by atoms with Crippen molar-refractivity contribution in [2.75, 3.05) is 0 Å². The van der Waals surface area contributed by atoms with Gasteiger partial charge >= 0.3 is 0 Å². The molecule has 0 saturated carbocycles. The molecule has 0 fully saturated rings. The average Bonchev–Trinajstić information content (AvgIpc) is 2.58. The van der Waals surface area contributed by atoms with Crippen molar-refractivity contribution in [1.82, 2.24) is 9.78 Å². The summed E-state index contributed by atoms with van der Waals surface area (Å²) in [4.78, 5) is 25.4. The topological polar surface area (TPSA) is 145 Å². The highest BCUT2D eigenvalue weighted by Crippen LogP contribution is 2.04. The maximum atomic E-state index is 11.3. The van der Waals surface area contributed by atoms with Gasteiger partial charge in [-0.25, -0.2) is 18.2 Å². The second kappa shape index (κ2) is 5.06. The molecule has 1 atom stereocenters. The zero-order valence-electron chi connectivity index (χ0n) is 9.39. The highest BCUT2D eigenvalue weighted by atomic mass is 32.2. The van der Waals surface area contributed by atoms with Gasteiger partial charge in [-0.1, -0.05) is 11.3 Å². The van der Waals surface area contributed by atoms with Crippen LogP contribution in [0.25, 0.3) is 0 Å². The fourth-order valence-electron chi connectivity index (χ4n) is 0.869. The first-order valence-electron chi connectivity index (χ1n) is 4.47. The Balaban J connectivity index is 3.23. The van der Waals surface area contributed by atoms with E-state index in [2.05, 4.69) is 10.1 Å². The molecule has 3 N–H and O–H groups in total. The van der Waals surface area contributed by atoms with E-state index in [-0.39, 0.29) is 4.80 Å². The van der Waals surface area contributed by atoms with E-state index in [4.69, 9.17) is 10.2 Å². The van der Waals surface area contributed by atoms with E-state index in [0.717, 1.165) is 11.6 Å². The molecule has 0 bridgehead atoms. The lowest BCUT2D eigenvalue weighted by Crippen LogP contribution is -2.28. The summed E-state index contributed by atoms with van der Waals surface area (Å²) < 4.78 is 22.6. The minimum Gasteiger partial charge on any atom is -0.376 e. The Labute approximate surface area is 106 Å². The van der Waals surface area contributed by atoms with Gasteiger partial charge in [0, 0.05) is 7.05 Å². The van der Waals surface area contributed by atoms with Gasteiger partial charge in [0.1, 0.15) is 0 Å². The van der Waals surface area contributed by atoms with Crippen LogP contribution < -0.4 is 9.94 Å². The minimum atomic E-state index is -3.99. The molecule has 1 amide bonds. The number of carbonyl (C=O) groups excluding carboxylic acids is 2. The summed E-state index contributed by atoms with van der Waals surface area (Å²) in [6, 6.07) is 0. The fourth-order valence-corrected chi connectivity index (χ4v) is 2.42. The molecule has 0 aliphatic heterocycles. The zero-order chi connectivity index (χ0) is 14.1. The standard InChI is InChI=1S/C7H10N4O5S2/c1-3(12)4(13)5(14)9-6-11(2)10-7(17-6)18(8,15)16/h4,13H,1-2H3,(H2,8,15,16). The highest BCUT2D eigenvalue weighted by Gasteiger charge is 2.20. The normalized spacial score (nSPS) is 14.6. The predicted octanol–water partition coefficient (Wildman–Crippen LogP) is -2.49. The van der Waals surface area contributed by atoms with E-state index < -0.39 is 32.2 Å². The number of amides is 1. The van der Waals surface area contributed by atoms with Crippen molar-refractivity contribution >= 4 is 33.1 Å². The third-order valence-corrected chi connectivity index (χ3v) is 4.07. The van der Waals surface area contributed by atoms with E-state index in [1.54, 1.807) is 0 Å². The number of aliphatic hydroxyl groups excluding tert-OH is 1. The van der Waals surface area contributed by atoms with Crippen molar-refractivity contribution in [2.24, 2.45) is 17.2 Å². The molecule has 0 aliphatic rings. The molecule has 18 heavy (non-hydrogen) atoms. The molecule has 9 nitrogen and oxygen atoms in total. The van der Waals surface area contributed by atoms with E-state index >= 15 is 0 Å². The number of Topliss-reactive ketones (excluding diaryl/α,β-unsaturated/α-hetero) is 1. The van der Waals surface area contributed by atoms with Crippen LogP contribution in [-0.2, 0) is 26.7 Å². The first kappa shape index (κ1) is 14.6. The van der Waals surface area contributed by atoms with Gasteiger partial charge in [0.2, 0.25) is 9.14 Å². The number of aryl methyl sites for hydroxylation is 1. The number of aromatic nitrogens is 2. The summed E-state index contributed by atoms with van der Waals surface area (Å²) in [5, 5.41) is 17.6. The molecular weight excluding hydrogens is 284 g/mol. The lowest BCUT2D eigenvalue weighted by molar-refractivity contribution is -0.136. The fraction of sp³-hybridized carbons (Fsp3) is 0.429. The van der Waals surface area contributed by atoms with Crippen LogP contribution in [0.1, 0.15) is 6.92 Å². The predicted molar refractivity (Wildman–Crippen MR) is 59.7 cm³/mol. The maximum absolute atomic E-state index is 11.3. The Hall–Kier alpha value is -1.43. The van der Waals surface area contributed by atoms with Crippen LogP contribution in [0.2, 0.25) is 0 Å². The molecule has 1 aromatic heterocycles. The lowest BCUT2D eigenvalue weighted by atomic mass is 10.2.